The first-order chi connectivity index (χ1) is 15.8. The molecule has 2 aromatic carbocycles. The van der Waals surface area contributed by atoms with E-state index >= 15 is 0 Å². The predicted molar refractivity (Wildman–Crippen MR) is 115 cm³/mol. The van der Waals surface area contributed by atoms with Gasteiger partial charge >= 0.3 is 6.18 Å². The molecule has 10 heteroatoms. The molecule has 1 N–H and O–H groups in total. The number of nitrogens with zero attached hydrogens (tertiary/aromatic N) is 2. The third-order valence-corrected chi connectivity index (χ3v) is 4.82. The molecule has 0 spiro atoms. The number of amides is 1. The van der Waals surface area contributed by atoms with Gasteiger partial charge in [-0.2, -0.15) is 18.3 Å². The van der Waals surface area contributed by atoms with Gasteiger partial charge in [-0.05, 0) is 54.1 Å². The van der Waals surface area contributed by atoms with E-state index < -0.39 is 17.6 Å². The van der Waals surface area contributed by atoms with Crippen LogP contribution in [0.5, 0.6) is 5.75 Å². The highest BCUT2D eigenvalue weighted by Crippen LogP contribution is 2.29. The molecule has 2 heterocycles. The summed E-state index contributed by atoms with van der Waals surface area (Å²) in [6.07, 6.45) is -1.49. The molecule has 2 aromatic heterocycles. The van der Waals surface area contributed by atoms with Gasteiger partial charge in [0.15, 0.2) is 5.76 Å². The van der Waals surface area contributed by atoms with E-state index in [1.54, 1.807) is 36.4 Å². The molecule has 170 valence electrons. The number of hydrogen-bond acceptors (Lipinski definition) is 4. The van der Waals surface area contributed by atoms with Crippen LogP contribution < -0.4 is 10.1 Å². The molecule has 0 aliphatic rings. The van der Waals surface area contributed by atoms with E-state index in [-0.39, 0.29) is 18.9 Å². The Labute approximate surface area is 191 Å². The van der Waals surface area contributed by atoms with E-state index in [2.05, 4.69) is 10.4 Å². The molecule has 33 heavy (non-hydrogen) atoms. The number of aromatic nitrogens is 2. The highest BCUT2D eigenvalue weighted by molar-refractivity contribution is 6.30. The quantitative estimate of drug-likeness (QED) is 0.354. The summed E-state index contributed by atoms with van der Waals surface area (Å²) in [4.78, 5) is 12.4. The molecule has 0 radical (unpaired) electrons. The zero-order chi connectivity index (χ0) is 23.4. The van der Waals surface area contributed by atoms with Crippen molar-refractivity contribution < 1.29 is 27.1 Å². The molecule has 4 aromatic rings. The molecular formula is C23H17ClF3N3O3. The lowest BCUT2D eigenvalue weighted by atomic mass is 10.1. The van der Waals surface area contributed by atoms with Crippen LogP contribution >= 0.6 is 11.6 Å². The monoisotopic (exact) mass is 475 g/mol. The van der Waals surface area contributed by atoms with Gasteiger partial charge in [0.25, 0.3) is 5.91 Å². The Morgan fingerprint density at radius 2 is 1.91 bits per heavy atom. The number of hydrogen-bond donors (Lipinski definition) is 1. The molecule has 0 atom stereocenters. The van der Waals surface area contributed by atoms with E-state index in [4.69, 9.17) is 20.8 Å². The first-order valence-corrected chi connectivity index (χ1v) is 10.1. The van der Waals surface area contributed by atoms with E-state index in [1.165, 1.54) is 29.2 Å². The van der Waals surface area contributed by atoms with E-state index in [0.29, 0.717) is 27.8 Å². The molecule has 0 aliphatic heterocycles. The maximum absolute atomic E-state index is 12.9. The fourth-order valence-electron chi connectivity index (χ4n) is 3.00. The molecule has 0 bridgehead atoms. The Bertz CT molecular complexity index is 1250. The zero-order valence-corrected chi connectivity index (χ0v) is 17.7. The van der Waals surface area contributed by atoms with Crippen LogP contribution in [0.4, 0.5) is 18.9 Å². The van der Waals surface area contributed by atoms with Crippen LogP contribution in [-0.4, -0.2) is 15.7 Å². The number of alkyl halides is 3. The second-order valence-electron chi connectivity index (χ2n) is 7.09. The number of rotatable bonds is 7. The van der Waals surface area contributed by atoms with Crippen LogP contribution in [0.2, 0.25) is 5.02 Å². The van der Waals surface area contributed by atoms with Gasteiger partial charge in [-0.25, -0.2) is 0 Å². The number of ether oxygens (including phenoxy) is 1. The van der Waals surface area contributed by atoms with E-state index in [0.717, 1.165) is 12.1 Å². The van der Waals surface area contributed by atoms with Gasteiger partial charge in [0, 0.05) is 11.2 Å². The number of halogens is 4. The highest BCUT2D eigenvalue weighted by atomic mass is 35.5. The zero-order valence-electron chi connectivity index (χ0n) is 17.0. The van der Waals surface area contributed by atoms with Crippen molar-refractivity contribution in [3.8, 4) is 5.75 Å². The topological polar surface area (TPSA) is 69.3 Å². The van der Waals surface area contributed by atoms with Crippen LogP contribution in [0.1, 0.15) is 27.4 Å². The number of furan rings is 1. The third kappa shape index (κ3) is 5.95. The van der Waals surface area contributed by atoms with Crippen molar-refractivity contribution in [1.29, 1.82) is 0 Å². The number of carbonyl (C=O) groups excluding carboxylic acids is 1. The van der Waals surface area contributed by atoms with Gasteiger partial charge in [-0.3, -0.25) is 9.48 Å². The second kappa shape index (κ2) is 9.41. The van der Waals surface area contributed by atoms with Crippen molar-refractivity contribution in [2.75, 3.05) is 5.32 Å². The molecule has 0 unspecified atom stereocenters. The maximum Gasteiger partial charge on any atom is 0.416 e. The van der Waals surface area contributed by atoms with E-state index in [9.17, 15) is 18.0 Å². The summed E-state index contributed by atoms with van der Waals surface area (Å²) >= 11 is 5.83. The van der Waals surface area contributed by atoms with Gasteiger partial charge < -0.3 is 14.5 Å². The minimum atomic E-state index is -4.42. The molecule has 6 nitrogen and oxygen atoms in total. The summed E-state index contributed by atoms with van der Waals surface area (Å²) in [6.45, 7) is 0.247. The lowest BCUT2D eigenvalue weighted by molar-refractivity contribution is -0.137. The van der Waals surface area contributed by atoms with Gasteiger partial charge in [0.05, 0.1) is 24.0 Å². The summed E-state index contributed by atoms with van der Waals surface area (Å²) in [5, 5.41) is 7.32. The Balaban J connectivity index is 1.34. The molecule has 1 amide bonds. The SMILES string of the molecule is O=C(Nc1cnn(Cc2cccc(C(F)(F)F)c2)c1)c1ccc(COc2ccc(Cl)cc2)o1. The molecule has 0 aliphatic carbocycles. The Hall–Kier alpha value is -3.72. The fraction of sp³-hybridized carbons (Fsp3) is 0.130. The lowest BCUT2D eigenvalue weighted by Crippen LogP contribution is -2.10. The summed E-state index contributed by atoms with van der Waals surface area (Å²) in [5.41, 5.74) is 0.0823. The Kier molecular flexibility index (Phi) is 6.41. The van der Waals surface area contributed by atoms with Gasteiger partial charge in [0.1, 0.15) is 18.1 Å². The number of anilines is 1. The number of benzene rings is 2. The van der Waals surface area contributed by atoms with Crippen molar-refractivity contribution in [3.63, 3.8) is 0 Å². The van der Waals surface area contributed by atoms with Crippen LogP contribution in [0.15, 0.2) is 77.5 Å². The Morgan fingerprint density at radius 1 is 1.12 bits per heavy atom. The number of carbonyl (C=O) groups is 1. The minimum absolute atomic E-state index is 0.0790. The van der Waals surface area contributed by atoms with Gasteiger partial charge in [-0.1, -0.05) is 23.7 Å². The van der Waals surface area contributed by atoms with Crippen LogP contribution in [0, 0.1) is 0 Å². The summed E-state index contributed by atoms with van der Waals surface area (Å²) < 4.78 is 51.1. The Morgan fingerprint density at radius 3 is 2.67 bits per heavy atom. The van der Waals surface area contributed by atoms with Crippen molar-refractivity contribution in [2.24, 2.45) is 0 Å². The van der Waals surface area contributed by atoms with Crippen LogP contribution in [0.3, 0.4) is 0 Å². The average Bonchev–Trinajstić information content (AvgIpc) is 3.43. The van der Waals surface area contributed by atoms with Crippen LogP contribution in [0.25, 0.3) is 0 Å². The second-order valence-corrected chi connectivity index (χ2v) is 7.52. The van der Waals surface area contributed by atoms with Crippen molar-refractivity contribution in [2.45, 2.75) is 19.3 Å². The number of nitrogens with one attached hydrogen (secondary N) is 1. The minimum Gasteiger partial charge on any atom is -0.486 e. The van der Waals surface area contributed by atoms with Crippen molar-refractivity contribution in [1.82, 2.24) is 9.78 Å². The molecule has 0 fully saturated rings. The summed E-state index contributed by atoms with van der Waals surface area (Å²) in [6, 6.07) is 15.0. The van der Waals surface area contributed by atoms with Gasteiger partial charge in [0.2, 0.25) is 0 Å². The summed E-state index contributed by atoms with van der Waals surface area (Å²) in [5.74, 6) is 0.645. The molecular weight excluding hydrogens is 459 g/mol. The molecule has 0 saturated carbocycles. The van der Waals surface area contributed by atoms with Gasteiger partial charge in [-0.15, -0.1) is 0 Å². The largest absolute Gasteiger partial charge is 0.486 e. The maximum atomic E-state index is 12.9. The van der Waals surface area contributed by atoms with Crippen LogP contribution in [-0.2, 0) is 19.3 Å². The highest BCUT2D eigenvalue weighted by Gasteiger charge is 2.30. The van der Waals surface area contributed by atoms with Crippen molar-refractivity contribution >= 4 is 23.2 Å². The third-order valence-electron chi connectivity index (χ3n) is 4.57. The summed E-state index contributed by atoms with van der Waals surface area (Å²) in [7, 11) is 0. The first kappa shape index (κ1) is 22.5. The molecule has 0 saturated heterocycles. The van der Waals surface area contributed by atoms with E-state index in [1.807, 2.05) is 0 Å². The first-order valence-electron chi connectivity index (χ1n) is 9.73. The average molecular weight is 476 g/mol. The normalized spacial score (nSPS) is 11.4. The fourth-order valence-corrected chi connectivity index (χ4v) is 3.13. The standard InChI is InChI=1S/C23H17ClF3N3O3/c24-17-4-6-19(7-5-17)32-14-20-8-9-21(33-20)22(31)29-18-11-28-30(13-18)12-15-2-1-3-16(10-15)23(25,26)27/h1-11,13H,12,14H2,(H,29,31). The smallest absolute Gasteiger partial charge is 0.416 e. The molecule has 4 rings (SSSR count). The van der Waals surface area contributed by atoms with Crippen molar-refractivity contribution in [3.05, 3.63) is 101 Å². The lowest BCUT2D eigenvalue weighted by Gasteiger charge is -2.08. The predicted octanol–water partition coefficient (Wildman–Crippen LogP) is 6.03.